The maximum atomic E-state index is 12.7. The van der Waals surface area contributed by atoms with Gasteiger partial charge in [0.05, 0.1) is 29.2 Å². The number of esters is 1. The second kappa shape index (κ2) is 6.57. The second-order valence-corrected chi connectivity index (χ2v) is 4.56. The Kier molecular flexibility index (Phi) is 4.72. The summed E-state index contributed by atoms with van der Waals surface area (Å²) in [5.41, 5.74) is -1.72. The Morgan fingerprint density at radius 2 is 1.83 bits per heavy atom. The lowest BCUT2D eigenvalue weighted by Crippen LogP contribution is -2.12. The van der Waals surface area contributed by atoms with Crippen molar-refractivity contribution < 1.29 is 32.4 Å². The number of carbonyl (C=O) groups is 1. The monoisotopic (exact) mass is 341 g/mol. The van der Waals surface area contributed by atoms with Crippen molar-refractivity contribution in [3.8, 4) is 11.5 Å². The molecule has 0 atom stereocenters. The number of rotatable bonds is 4. The molecule has 6 nitrogen and oxygen atoms in total. The number of methoxy groups -OCH3 is 1. The highest BCUT2D eigenvalue weighted by molar-refractivity contribution is 5.91. The smallest absolute Gasteiger partial charge is 0.416 e. The molecule has 2 aromatic rings. The molecule has 0 unspecified atom stereocenters. The highest BCUT2D eigenvalue weighted by Crippen LogP contribution is 2.33. The van der Waals surface area contributed by atoms with Gasteiger partial charge in [-0.15, -0.1) is 0 Å². The molecule has 2 aromatic carbocycles. The largest absolute Gasteiger partial charge is 0.493 e. The maximum absolute atomic E-state index is 12.7. The van der Waals surface area contributed by atoms with Crippen LogP contribution < -0.4 is 9.47 Å². The van der Waals surface area contributed by atoms with Crippen LogP contribution in [0.4, 0.5) is 18.9 Å². The number of carbonyl (C=O) groups excluding carboxylic acids is 1. The molecule has 0 N–H and O–H groups in total. The molecule has 0 heterocycles. The summed E-state index contributed by atoms with van der Waals surface area (Å²) in [4.78, 5) is 22.1. The molecule has 0 aliphatic carbocycles. The first-order chi connectivity index (χ1) is 11.2. The van der Waals surface area contributed by atoms with Crippen molar-refractivity contribution in [1.29, 1.82) is 0 Å². The van der Waals surface area contributed by atoms with Gasteiger partial charge in [0.2, 0.25) is 0 Å². The number of nitro groups is 1. The molecule has 24 heavy (non-hydrogen) atoms. The normalized spacial score (nSPS) is 11.0. The molecule has 0 spiro atoms. The van der Waals surface area contributed by atoms with Crippen LogP contribution in [-0.2, 0) is 6.18 Å². The van der Waals surface area contributed by atoms with E-state index in [1.165, 1.54) is 13.2 Å². The molecule has 9 heteroatoms. The summed E-state index contributed by atoms with van der Waals surface area (Å²) < 4.78 is 47.9. The third kappa shape index (κ3) is 3.80. The van der Waals surface area contributed by atoms with Gasteiger partial charge in [-0.25, -0.2) is 4.79 Å². The average molecular weight is 341 g/mol. The molecule has 0 aromatic heterocycles. The van der Waals surface area contributed by atoms with Crippen LogP contribution in [0.15, 0.2) is 42.5 Å². The minimum atomic E-state index is -4.61. The summed E-state index contributed by atoms with van der Waals surface area (Å²) in [5.74, 6) is -1.34. The highest BCUT2D eigenvalue weighted by Gasteiger charge is 2.31. The molecule has 0 aliphatic heterocycles. The maximum Gasteiger partial charge on any atom is 0.416 e. The van der Waals surface area contributed by atoms with E-state index in [0.717, 1.165) is 30.3 Å². The van der Waals surface area contributed by atoms with E-state index >= 15 is 0 Å². The molecular formula is C15H10F3NO5. The van der Waals surface area contributed by atoms with Crippen LogP contribution in [0.2, 0.25) is 0 Å². The van der Waals surface area contributed by atoms with Gasteiger partial charge in [-0.1, -0.05) is 6.07 Å². The first kappa shape index (κ1) is 17.3. The van der Waals surface area contributed by atoms with Crippen molar-refractivity contribution in [3.63, 3.8) is 0 Å². The number of alkyl halides is 3. The van der Waals surface area contributed by atoms with E-state index in [1.54, 1.807) is 0 Å². The Balaban J connectivity index is 2.33. The number of non-ortho nitro benzene ring substituents is 1. The van der Waals surface area contributed by atoms with Crippen LogP contribution in [0.1, 0.15) is 15.9 Å². The minimum Gasteiger partial charge on any atom is -0.493 e. The van der Waals surface area contributed by atoms with Gasteiger partial charge < -0.3 is 9.47 Å². The van der Waals surface area contributed by atoms with Gasteiger partial charge in [0.15, 0.2) is 11.5 Å². The molecular weight excluding hydrogens is 331 g/mol. The van der Waals surface area contributed by atoms with E-state index in [1.807, 2.05) is 0 Å². The van der Waals surface area contributed by atoms with E-state index in [-0.39, 0.29) is 22.7 Å². The highest BCUT2D eigenvalue weighted by atomic mass is 19.4. The van der Waals surface area contributed by atoms with Crippen molar-refractivity contribution in [3.05, 3.63) is 63.7 Å². The topological polar surface area (TPSA) is 78.7 Å². The fourth-order valence-electron chi connectivity index (χ4n) is 1.84. The molecule has 0 radical (unpaired) electrons. The molecule has 0 saturated heterocycles. The number of ether oxygens (including phenoxy) is 2. The van der Waals surface area contributed by atoms with Crippen LogP contribution in [0.5, 0.6) is 11.5 Å². The number of hydrogen-bond acceptors (Lipinski definition) is 5. The van der Waals surface area contributed by atoms with Crippen molar-refractivity contribution >= 4 is 11.7 Å². The molecule has 0 amide bonds. The number of benzene rings is 2. The van der Waals surface area contributed by atoms with Crippen LogP contribution in [0, 0.1) is 10.1 Å². The zero-order valence-corrected chi connectivity index (χ0v) is 12.2. The SMILES string of the molecule is COc1ccc([N+](=O)[O-])cc1OC(=O)c1cccc(C(F)(F)F)c1. The zero-order chi connectivity index (χ0) is 17.9. The minimum absolute atomic E-state index is 0.0286. The van der Waals surface area contributed by atoms with Gasteiger partial charge in [-0.2, -0.15) is 13.2 Å². The number of halogens is 3. The second-order valence-electron chi connectivity index (χ2n) is 4.56. The van der Waals surface area contributed by atoms with Gasteiger partial charge >= 0.3 is 12.1 Å². The Morgan fingerprint density at radius 1 is 1.12 bits per heavy atom. The predicted molar refractivity (Wildman–Crippen MR) is 76.1 cm³/mol. The zero-order valence-electron chi connectivity index (χ0n) is 12.2. The van der Waals surface area contributed by atoms with E-state index in [0.29, 0.717) is 6.07 Å². The van der Waals surface area contributed by atoms with Crippen molar-refractivity contribution in [2.45, 2.75) is 6.18 Å². The average Bonchev–Trinajstić information content (AvgIpc) is 2.54. The Morgan fingerprint density at radius 3 is 2.42 bits per heavy atom. The van der Waals surface area contributed by atoms with E-state index in [4.69, 9.17) is 9.47 Å². The summed E-state index contributed by atoms with van der Waals surface area (Å²) in [6.07, 6.45) is -4.61. The first-order valence-electron chi connectivity index (χ1n) is 6.44. The van der Waals surface area contributed by atoms with Gasteiger partial charge in [0.1, 0.15) is 0 Å². The van der Waals surface area contributed by atoms with Gasteiger partial charge in [-0.05, 0) is 24.3 Å². The molecule has 126 valence electrons. The Labute approximate surface area is 133 Å². The Hall–Kier alpha value is -3.10. The summed E-state index contributed by atoms with van der Waals surface area (Å²) in [6.45, 7) is 0. The predicted octanol–water partition coefficient (Wildman–Crippen LogP) is 3.84. The van der Waals surface area contributed by atoms with Crippen LogP contribution in [0.3, 0.4) is 0 Å². The standard InChI is InChI=1S/C15H10F3NO5/c1-23-12-6-5-11(19(21)22)8-13(12)24-14(20)9-3-2-4-10(7-9)15(16,17)18/h2-8H,1H3. The van der Waals surface area contributed by atoms with Crippen molar-refractivity contribution in [1.82, 2.24) is 0 Å². The van der Waals surface area contributed by atoms with Crippen LogP contribution in [-0.4, -0.2) is 18.0 Å². The lowest BCUT2D eigenvalue weighted by Gasteiger charge is -2.10. The van der Waals surface area contributed by atoms with Crippen molar-refractivity contribution in [2.24, 2.45) is 0 Å². The first-order valence-corrected chi connectivity index (χ1v) is 6.44. The number of nitro benzene ring substituents is 1. The van der Waals surface area contributed by atoms with Gasteiger partial charge in [0.25, 0.3) is 5.69 Å². The van der Waals surface area contributed by atoms with E-state index < -0.39 is 22.6 Å². The summed E-state index contributed by atoms with van der Waals surface area (Å²) in [7, 11) is 1.25. The molecule has 0 fully saturated rings. The molecule has 0 saturated carbocycles. The fourth-order valence-corrected chi connectivity index (χ4v) is 1.84. The third-order valence-corrected chi connectivity index (χ3v) is 2.99. The molecule has 2 rings (SSSR count). The van der Waals surface area contributed by atoms with E-state index in [2.05, 4.69) is 0 Å². The van der Waals surface area contributed by atoms with Gasteiger partial charge in [0, 0.05) is 6.07 Å². The summed E-state index contributed by atoms with van der Waals surface area (Å²) in [6, 6.07) is 6.94. The third-order valence-electron chi connectivity index (χ3n) is 2.99. The van der Waals surface area contributed by atoms with Crippen LogP contribution in [0.25, 0.3) is 0 Å². The fraction of sp³-hybridized carbons (Fsp3) is 0.133. The number of hydrogen-bond donors (Lipinski definition) is 0. The Bertz CT molecular complexity index is 789. The molecule has 0 bridgehead atoms. The lowest BCUT2D eigenvalue weighted by atomic mass is 10.1. The lowest BCUT2D eigenvalue weighted by molar-refractivity contribution is -0.384. The number of nitrogens with zero attached hydrogens (tertiary/aromatic N) is 1. The van der Waals surface area contributed by atoms with E-state index in [9.17, 15) is 28.1 Å². The summed E-state index contributed by atoms with van der Waals surface area (Å²) in [5, 5.41) is 10.8. The van der Waals surface area contributed by atoms with Crippen LogP contribution >= 0.6 is 0 Å². The van der Waals surface area contributed by atoms with Gasteiger partial charge in [-0.3, -0.25) is 10.1 Å². The quantitative estimate of drug-likeness (QED) is 0.365. The summed E-state index contributed by atoms with van der Waals surface area (Å²) >= 11 is 0. The molecule has 0 aliphatic rings. The van der Waals surface area contributed by atoms with Crippen molar-refractivity contribution in [2.75, 3.05) is 7.11 Å².